The molecule has 0 bridgehead atoms. The molecule has 0 amide bonds. The van der Waals surface area contributed by atoms with Crippen LogP contribution in [0.5, 0.6) is 11.5 Å². The number of allylic oxidation sites excluding steroid dienone is 1. The van der Waals surface area contributed by atoms with Crippen molar-refractivity contribution in [3.05, 3.63) is 59.4 Å². The number of hydrogen-bond acceptors (Lipinski definition) is 6. The van der Waals surface area contributed by atoms with Crippen molar-refractivity contribution in [2.24, 2.45) is 0 Å². The Morgan fingerprint density at radius 3 is 2.60 bits per heavy atom. The average molecular weight is 438 g/mol. The number of halogens is 1. The highest BCUT2D eigenvalue weighted by Crippen LogP contribution is 2.35. The minimum atomic E-state index is -3.45. The molecule has 164 valence electrons. The van der Waals surface area contributed by atoms with Crippen molar-refractivity contribution in [2.45, 2.75) is 31.2 Å². The number of aliphatic hydroxyl groups excluding tert-OH is 1. The Balaban J connectivity index is 2.57. The number of benzene rings is 2. The monoisotopic (exact) mass is 437 g/mol. The SMILES string of the molecule is CC/C=C(/C)C(Nc1cc(OC)cc(S(C)(=O)=O)c1)c1ccc(F)cc1OCCO. The number of aliphatic hydroxyl groups is 1. The summed E-state index contributed by atoms with van der Waals surface area (Å²) in [5, 5.41) is 12.4. The van der Waals surface area contributed by atoms with Crippen molar-refractivity contribution in [1.82, 2.24) is 0 Å². The Morgan fingerprint density at radius 2 is 2.00 bits per heavy atom. The number of hydrogen-bond donors (Lipinski definition) is 2. The third-order valence-electron chi connectivity index (χ3n) is 4.47. The van der Waals surface area contributed by atoms with E-state index in [1.165, 1.54) is 31.4 Å². The molecular weight excluding hydrogens is 409 g/mol. The first-order valence-electron chi connectivity index (χ1n) is 9.55. The standard InChI is InChI=1S/C22H28FNO5S/c1-5-6-15(2)22(20-8-7-16(23)11-21(20)29-10-9-25)24-17-12-18(28-3)14-19(13-17)30(4,26)27/h6-8,11-14,22,24-25H,5,9-10H2,1-4H3/b15-6-. The maximum Gasteiger partial charge on any atom is 0.175 e. The van der Waals surface area contributed by atoms with E-state index in [4.69, 9.17) is 14.6 Å². The molecule has 8 heteroatoms. The van der Waals surface area contributed by atoms with Crippen LogP contribution < -0.4 is 14.8 Å². The van der Waals surface area contributed by atoms with Crippen LogP contribution in [0.25, 0.3) is 0 Å². The van der Waals surface area contributed by atoms with Gasteiger partial charge in [-0.1, -0.05) is 24.6 Å². The highest BCUT2D eigenvalue weighted by atomic mass is 32.2. The number of rotatable bonds is 10. The van der Waals surface area contributed by atoms with Crippen LogP contribution in [0, 0.1) is 5.82 Å². The van der Waals surface area contributed by atoms with Crippen LogP contribution in [0.3, 0.4) is 0 Å². The Bertz CT molecular complexity index is 1000. The van der Waals surface area contributed by atoms with Crippen LogP contribution in [-0.4, -0.2) is 40.1 Å². The summed E-state index contributed by atoms with van der Waals surface area (Å²) in [6, 6.07) is 8.48. The van der Waals surface area contributed by atoms with Crippen LogP contribution >= 0.6 is 0 Å². The van der Waals surface area contributed by atoms with Crippen molar-refractivity contribution in [1.29, 1.82) is 0 Å². The zero-order valence-electron chi connectivity index (χ0n) is 17.6. The maximum atomic E-state index is 13.8. The van der Waals surface area contributed by atoms with Gasteiger partial charge in [0.15, 0.2) is 9.84 Å². The summed E-state index contributed by atoms with van der Waals surface area (Å²) in [6.45, 7) is 3.75. The zero-order chi connectivity index (χ0) is 22.3. The molecule has 0 spiro atoms. The topological polar surface area (TPSA) is 84.9 Å². The molecule has 0 fully saturated rings. The Morgan fingerprint density at radius 1 is 1.27 bits per heavy atom. The van der Waals surface area contributed by atoms with Gasteiger partial charge < -0.3 is 19.9 Å². The maximum absolute atomic E-state index is 13.8. The van der Waals surface area contributed by atoms with E-state index in [1.54, 1.807) is 12.1 Å². The molecule has 30 heavy (non-hydrogen) atoms. The molecule has 0 saturated carbocycles. The second-order valence-corrected chi connectivity index (χ2v) is 8.87. The van der Waals surface area contributed by atoms with E-state index in [1.807, 2.05) is 19.9 Å². The van der Waals surface area contributed by atoms with Crippen molar-refractivity contribution < 1.29 is 27.4 Å². The molecule has 0 aliphatic carbocycles. The van der Waals surface area contributed by atoms with Crippen LogP contribution in [-0.2, 0) is 9.84 Å². The molecule has 2 N–H and O–H groups in total. The number of nitrogens with one attached hydrogen (secondary N) is 1. The first kappa shape index (κ1) is 23.7. The lowest BCUT2D eigenvalue weighted by molar-refractivity contribution is 0.199. The second kappa shape index (κ2) is 10.4. The minimum Gasteiger partial charge on any atom is -0.497 e. The van der Waals surface area contributed by atoms with Gasteiger partial charge in [0.2, 0.25) is 0 Å². The molecule has 2 aromatic rings. The lowest BCUT2D eigenvalue weighted by atomic mass is 9.97. The smallest absolute Gasteiger partial charge is 0.175 e. The molecule has 1 atom stereocenters. The predicted octanol–water partition coefficient (Wildman–Crippen LogP) is 4.12. The summed E-state index contributed by atoms with van der Waals surface area (Å²) < 4.78 is 48.8. The molecular formula is C22H28FNO5S. The van der Waals surface area contributed by atoms with Gasteiger partial charge in [0.25, 0.3) is 0 Å². The molecule has 0 saturated heterocycles. The highest BCUT2D eigenvalue weighted by Gasteiger charge is 2.20. The first-order valence-corrected chi connectivity index (χ1v) is 11.4. The molecule has 2 aromatic carbocycles. The average Bonchev–Trinajstić information content (AvgIpc) is 2.70. The van der Waals surface area contributed by atoms with Gasteiger partial charge >= 0.3 is 0 Å². The zero-order valence-corrected chi connectivity index (χ0v) is 18.4. The molecule has 0 heterocycles. The Labute approximate surface area is 177 Å². The highest BCUT2D eigenvalue weighted by molar-refractivity contribution is 7.90. The van der Waals surface area contributed by atoms with Crippen LogP contribution in [0.15, 0.2) is 52.9 Å². The summed E-state index contributed by atoms with van der Waals surface area (Å²) >= 11 is 0. The fourth-order valence-electron chi connectivity index (χ4n) is 3.06. The van der Waals surface area contributed by atoms with Gasteiger partial charge in [0, 0.05) is 29.6 Å². The molecule has 0 radical (unpaired) electrons. The predicted molar refractivity (Wildman–Crippen MR) is 115 cm³/mol. The second-order valence-electron chi connectivity index (χ2n) is 6.86. The summed E-state index contributed by atoms with van der Waals surface area (Å²) in [4.78, 5) is 0.121. The lowest BCUT2D eigenvalue weighted by Crippen LogP contribution is -2.15. The normalized spacial score (nSPS) is 13.1. The molecule has 1 unspecified atom stereocenters. The van der Waals surface area contributed by atoms with Crippen molar-refractivity contribution >= 4 is 15.5 Å². The van der Waals surface area contributed by atoms with Gasteiger partial charge in [-0.25, -0.2) is 12.8 Å². The molecule has 2 rings (SSSR count). The van der Waals surface area contributed by atoms with E-state index in [9.17, 15) is 12.8 Å². The van der Waals surface area contributed by atoms with E-state index in [-0.39, 0.29) is 18.1 Å². The van der Waals surface area contributed by atoms with Crippen molar-refractivity contribution in [2.75, 3.05) is 31.9 Å². The van der Waals surface area contributed by atoms with Gasteiger partial charge in [-0.15, -0.1) is 0 Å². The van der Waals surface area contributed by atoms with Gasteiger partial charge in [-0.2, -0.15) is 0 Å². The minimum absolute atomic E-state index is 0.0249. The molecule has 0 aliphatic rings. The first-order chi connectivity index (χ1) is 14.2. The largest absolute Gasteiger partial charge is 0.497 e. The fraction of sp³-hybridized carbons (Fsp3) is 0.364. The van der Waals surface area contributed by atoms with E-state index in [0.717, 1.165) is 18.2 Å². The lowest BCUT2D eigenvalue weighted by Gasteiger charge is -2.24. The van der Waals surface area contributed by atoms with Crippen molar-refractivity contribution in [3.63, 3.8) is 0 Å². The summed E-state index contributed by atoms with van der Waals surface area (Å²) in [6.07, 6.45) is 3.94. The number of sulfone groups is 1. The van der Waals surface area contributed by atoms with E-state index in [2.05, 4.69) is 5.32 Å². The van der Waals surface area contributed by atoms with Gasteiger partial charge in [-0.3, -0.25) is 0 Å². The third-order valence-corrected chi connectivity index (χ3v) is 5.56. The number of methoxy groups -OCH3 is 1. The number of anilines is 1. The molecule has 0 aromatic heterocycles. The summed E-state index contributed by atoms with van der Waals surface area (Å²) in [5.74, 6) is 0.243. The molecule has 0 aliphatic heterocycles. The fourth-order valence-corrected chi connectivity index (χ4v) is 3.73. The quantitative estimate of drug-likeness (QED) is 0.544. The van der Waals surface area contributed by atoms with E-state index in [0.29, 0.717) is 22.7 Å². The van der Waals surface area contributed by atoms with Gasteiger partial charge in [-0.05, 0) is 31.5 Å². The number of ether oxygens (including phenoxy) is 2. The van der Waals surface area contributed by atoms with E-state index < -0.39 is 21.7 Å². The third kappa shape index (κ3) is 6.21. The Hall–Kier alpha value is -2.58. The van der Waals surface area contributed by atoms with Gasteiger partial charge in [0.05, 0.1) is 24.7 Å². The van der Waals surface area contributed by atoms with Crippen LogP contribution in [0.1, 0.15) is 31.9 Å². The molecule has 6 nitrogen and oxygen atoms in total. The van der Waals surface area contributed by atoms with Crippen LogP contribution in [0.2, 0.25) is 0 Å². The van der Waals surface area contributed by atoms with Crippen molar-refractivity contribution in [3.8, 4) is 11.5 Å². The summed E-state index contributed by atoms with van der Waals surface area (Å²) in [7, 11) is -1.99. The van der Waals surface area contributed by atoms with Gasteiger partial charge in [0.1, 0.15) is 23.9 Å². The Kier molecular flexibility index (Phi) is 8.25. The van der Waals surface area contributed by atoms with E-state index >= 15 is 0 Å². The summed E-state index contributed by atoms with van der Waals surface area (Å²) in [5.41, 5.74) is 2.14. The van der Waals surface area contributed by atoms with Crippen LogP contribution in [0.4, 0.5) is 10.1 Å².